The minimum absolute atomic E-state index is 0. The lowest BCUT2D eigenvalue weighted by atomic mass is 9.98. The molecule has 1 aromatic carbocycles. The van der Waals surface area contributed by atoms with E-state index >= 15 is 0 Å². The maximum atomic E-state index is 13.2. The number of piperidine rings is 1. The largest absolute Gasteiger partial charge is 0.351 e. The third-order valence-corrected chi connectivity index (χ3v) is 8.16. The van der Waals surface area contributed by atoms with E-state index in [0.29, 0.717) is 41.7 Å². The average molecular weight is 566 g/mol. The summed E-state index contributed by atoms with van der Waals surface area (Å²) in [6, 6.07) is 6.39. The van der Waals surface area contributed by atoms with Gasteiger partial charge in [-0.15, -0.1) is 23.7 Å². The molecule has 5 rings (SSSR count). The topological polar surface area (TPSA) is 110 Å². The van der Waals surface area contributed by atoms with Crippen LogP contribution in [0.5, 0.6) is 0 Å². The Morgan fingerprint density at radius 2 is 1.95 bits per heavy atom. The molecule has 2 aromatic heterocycles. The summed E-state index contributed by atoms with van der Waals surface area (Å²) in [4.78, 5) is 51.5. The van der Waals surface area contributed by atoms with Gasteiger partial charge in [0.25, 0.3) is 11.8 Å². The number of fused-ring (bicyclic) bond motifs is 2. The Hall–Kier alpha value is -2.66. The minimum atomic E-state index is -0.437. The molecule has 9 nitrogen and oxygen atoms in total. The van der Waals surface area contributed by atoms with Crippen LogP contribution < -0.4 is 10.6 Å². The molecule has 2 aliphatic rings. The average Bonchev–Trinajstić information content (AvgIpc) is 3.48. The second-order valence-electron chi connectivity index (χ2n) is 9.43. The first-order chi connectivity index (χ1) is 17.3. The number of hydrogen-bond acceptors (Lipinski definition) is 6. The van der Waals surface area contributed by atoms with Crippen molar-refractivity contribution < 1.29 is 14.4 Å². The van der Waals surface area contributed by atoms with E-state index in [9.17, 15) is 14.4 Å². The third kappa shape index (κ3) is 5.93. The molecular formula is C25H30Cl2N6O3S. The fourth-order valence-corrected chi connectivity index (χ4v) is 6.12. The van der Waals surface area contributed by atoms with Crippen molar-refractivity contribution in [3.05, 3.63) is 50.6 Å². The molecule has 0 saturated carbocycles. The lowest BCUT2D eigenvalue weighted by molar-refractivity contribution is -0.132. The predicted octanol–water partition coefficient (Wildman–Crippen LogP) is 3.23. The number of likely N-dealkylation sites (tertiary alicyclic amines) is 1. The molecule has 3 amide bonds. The van der Waals surface area contributed by atoms with E-state index in [4.69, 9.17) is 11.6 Å². The van der Waals surface area contributed by atoms with E-state index in [1.165, 1.54) is 11.3 Å². The summed E-state index contributed by atoms with van der Waals surface area (Å²) in [7, 11) is 2.05. The molecular weight excluding hydrogens is 535 g/mol. The number of H-pyrrole nitrogens is 1. The molecule has 0 aliphatic carbocycles. The van der Waals surface area contributed by atoms with Gasteiger partial charge in [-0.2, -0.15) is 0 Å². The van der Waals surface area contributed by atoms with Gasteiger partial charge in [-0.25, -0.2) is 4.98 Å². The second kappa shape index (κ2) is 11.4. The van der Waals surface area contributed by atoms with Gasteiger partial charge in [0.2, 0.25) is 5.91 Å². The van der Waals surface area contributed by atoms with E-state index in [1.54, 1.807) is 23.1 Å². The fourth-order valence-electron chi connectivity index (χ4n) is 4.84. The zero-order valence-electron chi connectivity index (χ0n) is 20.7. The van der Waals surface area contributed by atoms with E-state index in [-0.39, 0.29) is 36.2 Å². The number of thiazole rings is 1. The number of carbonyl (C=O) groups excluding carboxylic acids is 3. The maximum Gasteiger partial charge on any atom is 0.280 e. The SMILES string of the molecule is CCC(=O)N1CCC(NC(=O)c2cc3cc(Cl)ccc3[nH]2)C(NC(=O)c2nc3c(s2)CN(C)CC3)C1.Cl. The number of likely N-dealkylation sites (N-methyl/N-ethyl adjacent to an activating group) is 1. The van der Waals surface area contributed by atoms with Crippen LogP contribution in [0.3, 0.4) is 0 Å². The normalized spacial score (nSPS) is 19.7. The van der Waals surface area contributed by atoms with Gasteiger partial charge in [0.05, 0.1) is 17.8 Å². The van der Waals surface area contributed by atoms with Crippen molar-refractivity contribution in [2.45, 2.75) is 44.8 Å². The molecule has 0 bridgehead atoms. The predicted molar refractivity (Wildman–Crippen MR) is 147 cm³/mol. The zero-order chi connectivity index (χ0) is 25.4. The second-order valence-corrected chi connectivity index (χ2v) is 11.0. The van der Waals surface area contributed by atoms with Crippen molar-refractivity contribution >= 4 is 64.0 Å². The van der Waals surface area contributed by atoms with Gasteiger partial charge in [0.1, 0.15) is 5.69 Å². The standard InChI is InChI=1S/C25H29ClN6O3S.ClH/c1-3-22(33)32-9-7-17(28-23(34)19-11-14-10-15(26)4-5-16(14)27-19)20(12-32)29-24(35)25-30-18-6-8-31(2)13-21(18)36-25;/h4-5,10-11,17,20,27H,3,6-9,12-13H2,1-2H3,(H,28,34)(H,29,35);1H. The van der Waals surface area contributed by atoms with Crippen molar-refractivity contribution in [3.8, 4) is 0 Å². The maximum absolute atomic E-state index is 13.2. The Bertz CT molecular complexity index is 1320. The van der Waals surface area contributed by atoms with Crippen molar-refractivity contribution in [1.29, 1.82) is 0 Å². The van der Waals surface area contributed by atoms with Crippen molar-refractivity contribution in [1.82, 2.24) is 30.4 Å². The zero-order valence-corrected chi connectivity index (χ0v) is 23.1. The first-order valence-electron chi connectivity index (χ1n) is 12.2. The summed E-state index contributed by atoms with van der Waals surface area (Å²) in [5, 5.41) is 8.00. The van der Waals surface area contributed by atoms with Crippen LogP contribution in [0.1, 0.15) is 50.6 Å². The van der Waals surface area contributed by atoms with Crippen LogP contribution in [0.15, 0.2) is 24.3 Å². The van der Waals surface area contributed by atoms with Crippen molar-refractivity contribution in [2.75, 3.05) is 26.7 Å². The fraction of sp³-hybridized carbons (Fsp3) is 0.440. The highest BCUT2D eigenvalue weighted by molar-refractivity contribution is 7.13. The molecule has 3 aromatic rings. The first-order valence-corrected chi connectivity index (χ1v) is 13.3. The molecule has 3 N–H and O–H groups in total. The smallest absolute Gasteiger partial charge is 0.280 e. The Morgan fingerprint density at radius 1 is 1.16 bits per heavy atom. The highest BCUT2D eigenvalue weighted by atomic mass is 35.5. The minimum Gasteiger partial charge on any atom is -0.351 e. The van der Waals surface area contributed by atoms with Gasteiger partial charge in [-0.3, -0.25) is 14.4 Å². The van der Waals surface area contributed by atoms with E-state index in [0.717, 1.165) is 41.0 Å². The third-order valence-electron chi connectivity index (χ3n) is 6.84. The van der Waals surface area contributed by atoms with Crippen LogP contribution in [0.4, 0.5) is 0 Å². The molecule has 12 heteroatoms. The molecule has 2 atom stereocenters. The summed E-state index contributed by atoms with van der Waals surface area (Å²) in [6.45, 7) is 4.38. The van der Waals surface area contributed by atoms with E-state index < -0.39 is 6.04 Å². The molecule has 2 unspecified atom stereocenters. The number of halogens is 2. The molecule has 198 valence electrons. The van der Waals surface area contributed by atoms with Gasteiger partial charge >= 0.3 is 0 Å². The number of benzene rings is 1. The monoisotopic (exact) mass is 564 g/mol. The van der Waals surface area contributed by atoms with Gasteiger partial charge in [-0.05, 0) is 37.7 Å². The number of nitrogens with zero attached hydrogens (tertiary/aromatic N) is 3. The molecule has 0 radical (unpaired) electrons. The lowest BCUT2D eigenvalue weighted by Crippen LogP contribution is -2.61. The van der Waals surface area contributed by atoms with Crippen molar-refractivity contribution in [2.24, 2.45) is 0 Å². The summed E-state index contributed by atoms with van der Waals surface area (Å²) in [5.41, 5.74) is 2.22. The highest BCUT2D eigenvalue weighted by Crippen LogP contribution is 2.25. The number of rotatable bonds is 5. The van der Waals surface area contributed by atoms with Crippen LogP contribution in [0.25, 0.3) is 10.9 Å². The molecule has 4 heterocycles. The molecule has 1 saturated heterocycles. The number of aromatic amines is 1. The van der Waals surface area contributed by atoms with Crippen LogP contribution in [-0.2, 0) is 17.8 Å². The molecule has 2 aliphatic heterocycles. The van der Waals surface area contributed by atoms with Gasteiger partial charge in [-0.1, -0.05) is 18.5 Å². The van der Waals surface area contributed by atoms with E-state index in [1.807, 2.05) is 13.0 Å². The Balaban J connectivity index is 0.00000320. The van der Waals surface area contributed by atoms with Crippen LogP contribution in [-0.4, -0.2) is 76.3 Å². The summed E-state index contributed by atoms with van der Waals surface area (Å²) in [5.74, 6) is -0.513. The Morgan fingerprint density at radius 3 is 2.73 bits per heavy atom. The number of nitrogens with one attached hydrogen (secondary N) is 3. The van der Waals surface area contributed by atoms with Crippen LogP contribution in [0, 0.1) is 0 Å². The lowest BCUT2D eigenvalue weighted by Gasteiger charge is -2.39. The summed E-state index contributed by atoms with van der Waals surface area (Å²) >= 11 is 7.49. The number of amides is 3. The van der Waals surface area contributed by atoms with Crippen LogP contribution >= 0.6 is 35.3 Å². The van der Waals surface area contributed by atoms with Gasteiger partial charge in [0, 0.05) is 59.8 Å². The Labute approximate surface area is 230 Å². The van der Waals surface area contributed by atoms with Crippen LogP contribution in [0.2, 0.25) is 5.02 Å². The quantitative estimate of drug-likeness (QED) is 0.440. The molecule has 1 fully saturated rings. The molecule has 0 spiro atoms. The molecule has 37 heavy (non-hydrogen) atoms. The van der Waals surface area contributed by atoms with Crippen molar-refractivity contribution in [3.63, 3.8) is 0 Å². The summed E-state index contributed by atoms with van der Waals surface area (Å²) < 4.78 is 0. The number of aromatic nitrogens is 2. The first kappa shape index (κ1) is 27.4. The summed E-state index contributed by atoms with van der Waals surface area (Å²) in [6.07, 6.45) is 1.75. The number of hydrogen-bond donors (Lipinski definition) is 3. The van der Waals surface area contributed by atoms with Gasteiger partial charge < -0.3 is 25.4 Å². The number of carbonyl (C=O) groups is 3. The highest BCUT2D eigenvalue weighted by Gasteiger charge is 2.34. The van der Waals surface area contributed by atoms with E-state index in [2.05, 4.69) is 32.5 Å². The van der Waals surface area contributed by atoms with Gasteiger partial charge in [0.15, 0.2) is 5.01 Å². The Kier molecular flexibility index (Phi) is 8.42.